The SMILES string of the molecule is CSCCOc1cccc(CNCC(C)C)c1. The molecule has 0 spiro atoms. The Labute approximate surface area is 109 Å². The van der Waals surface area contributed by atoms with Crippen molar-refractivity contribution in [3.05, 3.63) is 29.8 Å². The van der Waals surface area contributed by atoms with Crippen LogP contribution in [0.1, 0.15) is 19.4 Å². The lowest BCUT2D eigenvalue weighted by atomic mass is 10.2. The molecule has 1 N–H and O–H groups in total. The summed E-state index contributed by atoms with van der Waals surface area (Å²) in [5.74, 6) is 2.70. The summed E-state index contributed by atoms with van der Waals surface area (Å²) in [5, 5.41) is 3.44. The third-order valence-corrected chi connectivity index (χ3v) is 2.91. The molecular weight excluding hydrogens is 230 g/mol. The second-order valence-corrected chi connectivity index (χ2v) is 5.50. The molecule has 0 unspecified atom stereocenters. The van der Waals surface area contributed by atoms with Crippen LogP contribution < -0.4 is 10.1 Å². The fraction of sp³-hybridized carbons (Fsp3) is 0.571. The molecule has 0 aliphatic heterocycles. The van der Waals surface area contributed by atoms with Crippen molar-refractivity contribution in [2.75, 3.05) is 25.2 Å². The average Bonchev–Trinajstić information content (AvgIpc) is 2.29. The third-order valence-electron chi connectivity index (χ3n) is 2.34. The van der Waals surface area contributed by atoms with Gasteiger partial charge in [-0.15, -0.1) is 0 Å². The number of hydrogen-bond acceptors (Lipinski definition) is 3. The minimum absolute atomic E-state index is 0.691. The first kappa shape index (κ1) is 14.4. The number of ether oxygens (including phenoxy) is 1. The van der Waals surface area contributed by atoms with Gasteiger partial charge in [-0.3, -0.25) is 0 Å². The molecule has 0 aliphatic carbocycles. The van der Waals surface area contributed by atoms with E-state index >= 15 is 0 Å². The maximum Gasteiger partial charge on any atom is 0.119 e. The molecule has 0 aliphatic rings. The second kappa shape index (κ2) is 8.43. The Hall–Kier alpha value is -0.670. The number of thioether (sulfide) groups is 1. The van der Waals surface area contributed by atoms with Crippen molar-refractivity contribution in [1.29, 1.82) is 0 Å². The highest BCUT2D eigenvalue weighted by Gasteiger charge is 1.98. The Balaban J connectivity index is 2.37. The van der Waals surface area contributed by atoms with E-state index in [0.717, 1.165) is 31.2 Å². The van der Waals surface area contributed by atoms with Crippen LogP contribution in [0.25, 0.3) is 0 Å². The van der Waals surface area contributed by atoms with Crippen LogP contribution in [0.2, 0.25) is 0 Å². The lowest BCUT2D eigenvalue weighted by Gasteiger charge is -2.09. The highest BCUT2D eigenvalue weighted by atomic mass is 32.2. The topological polar surface area (TPSA) is 21.3 Å². The van der Waals surface area contributed by atoms with E-state index < -0.39 is 0 Å². The van der Waals surface area contributed by atoms with Gasteiger partial charge in [-0.25, -0.2) is 0 Å². The first-order valence-corrected chi connectivity index (χ1v) is 7.53. The van der Waals surface area contributed by atoms with Gasteiger partial charge in [0.1, 0.15) is 5.75 Å². The van der Waals surface area contributed by atoms with Gasteiger partial charge >= 0.3 is 0 Å². The largest absolute Gasteiger partial charge is 0.493 e. The van der Waals surface area contributed by atoms with E-state index in [1.54, 1.807) is 11.8 Å². The number of nitrogens with one attached hydrogen (secondary N) is 1. The lowest BCUT2D eigenvalue weighted by molar-refractivity contribution is 0.343. The molecule has 0 fully saturated rings. The molecule has 0 bridgehead atoms. The molecule has 0 amide bonds. The normalized spacial score (nSPS) is 10.8. The zero-order chi connectivity index (χ0) is 12.5. The van der Waals surface area contributed by atoms with Crippen LogP contribution in [0.15, 0.2) is 24.3 Å². The standard InChI is InChI=1S/C14H23NOS/c1-12(2)10-15-11-13-5-4-6-14(9-13)16-7-8-17-3/h4-6,9,12,15H,7-8,10-11H2,1-3H3. The smallest absolute Gasteiger partial charge is 0.119 e. The summed E-state index contributed by atoms with van der Waals surface area (Å²) in [6, 6.07) is 8.33. The van der Waals surface area contributed by atoms with Crippen LogP contribution in [0.3, 0.4) is 0 Å². The highest BCUT2D eigenvalue weighted by molar-refractivity contribution is 7.98. The average molecular weight is 253 g/mol. The van der Waals surface area contributed by atoms with Gasteiger partial charge in [-0.05, 0) is 36.4 Å². The first-order chi connectivity index (χ1) is 8.22. The molecule has 96 valence electrons. The van der Waals surface area contributed by atoms with Crippen LogP contribution >= 0.6 is 11.8 Å². The van der Waals surface area contributed by atoms with E-state index in [0.29, 0.717) is 5.92 Å². The fourth-order valence-corrected chi connectivity index (χ4v) is 1.74. The molecule has 1 aromatic rings. The van der Waals surface area contributed by atoms with E-state index in [2.05, 4.69) is 43.6 Å². The van der Waals surface area contributed by atoms with Gasteiger partial charge in [0.05, 0.1) is 6.61 Å². The maximum absolute atomic E-state index is 5.67. The van der Waals surface area contributed by atoms with Crippen LogP contribution in [-0.2, 0) is 6.54 Å². The maximum atomic E-state index is 5.67. The van der Waals surface area contributed by atoms with Gasteiger partial charge in [0.2, 0.25) is 0 Å². The molecule has 0 saturated heterocycles. The van der Waals surface area contributed by atoms with Gasteiger partial charge in [0.25, 0.3) is 0 Å². The van der Waals surface area contributed by atoms with Crippen molar-refractivity contribution in [2.45, 2.75) is 20.4 Å². The summed E-state index contributed by atoms with van der Waals surface area (Å²) in [6.45, 7) is 7.18. The molecule has 0 saturated carbocycles. The zero-order valence-corrected chi connectivity index (χ0v) is 11.8. The fourth-order valence-electron chi connectivity index (χ4n) is 1.49. The van der Waals surface area contributed by atoms with Gasteiger partial charge in [-0.1, -0.05) is 26.0 Å². The molecular formula is C14H23NOS. The van der Waals surface area contributed by atoms with Crippen molar-refractivity contribution in [3.63, 3.8) is 0 Å². The van der Waals surface area contributed by atoms with Gasteiger partial charge in [-0.2, -0.15) is 11.8 Å². The third kappa shape index (κ3) is 6.59. The summed E-state index contributed by atoms with van der Waals surface area (Å²) in [6.07, 6.45) is 2.09. The summed E-state index contributed by atoms with van der Waals surface area (Å²) in [5.41, 5.74) is 1.28. The van der Waals surface area contributed by atoms with Crippen molar-refractivity contribution in [3.8, 4) is 5.75 Å². The lowest BCUT2D eigenvalue weighted by Crippen LogP contribution is -2.18. The first-order valence-electron chi connectivity index (χ1n) is 6.13. The van der Waals surface area contributed by atoms with E-state index in [1.807, 2.05) is 6.07 Å². The minimum Gasteiger partial charge on any atom is -0.493 e. The van der Waals surface area contributed by atoms with Crippen LogP contribution in [0.4, 0.5) is 0 Å². The molecule has 0 heterocycles. The van der Waals surface area contributed by atoms with Crippen LogP contribution in [-0.4, -0.2) is 25.2 Å². The van der Waals surface area contributed by atoms with Gasteiger partial charge in [0, 0.05) is 12.3 Å². The van der Waals surface area contributed by atoms with Crippen molar-refractivity contribution < 1.29 is 4.74 Å². The monoisotopic (exact) mass is 253 g/mol. The quantitative estimate of drug-likeness (QED) is 0.719. The van der Waals surface area contributed by atoms with E-state index in [-0.39, 0.29) is 0 Å². The van der Waals surface area contributed by atoms with Crippen molar-refractivity contribution in [2.24, 2.45) is 5.92 Å². The van der Waals surface area contributed by atoms with Gasteiger partial charge < -0.3 is 10.1 Å². The van der Waals surface area contributed by atoms with E-state index in [4.69, 9.17) is 4.74 Å². The summed E-state index contributed by atoms with van der Waals surface area (Å²) in [4.78, 5) is 0. The predicted molar refractivity (Wildman–Crippen MR) is 76.9 cm³/mol. The Bertz CT molecular complexity index is 315. The van der Waals surface area contributed by atoms with Crippen LogP contribution in [0.5, 0.6) is 5.75 Å². The molecule has 0 atom stereocenters. The number of hydrogen-bond donors (Lipinski definition) is 1. The Morgan fingerprint density at radius 1 is 1.35 bits per heavy atom. The van der Waals surface area contributed by atoms with Gasteiger partial charge in [0.15, 0.2) is 0 Å². The zero-order valence-electron chi connectivity index (χ0n) is 11.0. The molecule has 1 aromatic carbocycles. The molecule has 3 heteroatoms. The Morgan fingerprint density at radius 2 is 2.18 bits per heavy atom. The van der Waals surface area contributed by atoms with Crippen molar-refractivity contribution in [1.82, 2.24) is 5.32 Å². The number of benzene rings is 1. The van der Waals surface area contributed by atoms with E-state index in [9.17, 15) is 0 Å². The Kier molecular flexibility index (Phi) is 7.13. The van der Waals surface area contributed by atoms with E-state index in [1.165, 1.54) is 5.56 Å². The molecule has 0 aromatic heterocycles. The number of rotatable bonds is 8. The van der Waals surface area contributed by atoms with Crippen LogP contribution in [0, 0.1) is 5.92 Å². The highest BCUT2D eigenvalue weighted by Crippen LogP contribution is 2.13. The van der Waals surface area contributed by atoms with Crippen molar-refractivity contribution >= 4 is 11.8 Å². The second-order valence-electron chi connectivity index (χ2n) is 4.51. The molecule has 0 radical (unpaired) electrons. The summed E-state index contributed by atoms with van der Waals surface area (Å²) < 4.78 is 5.67. The summed E-state index contributed by atoms with van der Waals surface area (Å²) >= 11 is 1.80. The Morgan fingerprint density at radius 3 is 2.88 bits per heavy atom. The predicted octanol–water partition coefficient (Wildman–Crippen LogP) is 3.17. The summed E-state index contributed by atoms with van der Waals surface area (Å²) in [7, 11) is 0. The molecule has 2 nitrogen and oxygen atoms in total. The minimum atomic E-state index is 0.691. The molecule has 17 heavy (non-hydrogen) atoms. The molecule has 1 rings (SSSR count).